The Morgan fingerprint density at radius 3 is 2.67 bits per heavy atom. The number of aromatic hydroxyl groups is 1. The summed E-state index contributed by atoms with van der Waals surface area (Å²) < 4.78 is 0.722. The third kappa shape index (κ3) is 1.23. The molecule has 0 amide bonds. The van der Waals surface area contributed by atoms with E-state index >= 15 is 0 Å². The summed E-state index contributed by atoms with van der Waals surface area (Å²) in [4.78, 5) is 3.27. The van der Waals surface area contributed by atoms with Crippen LogP contribution < -0.4 is 0 Å². The lowest BCUT2D eigenvalue weighted by Gasteiger charge is -1.96. The van der Waals surface area contributed by atoms with Crippen molar-refractivity contribution in [1.82, 2.24) is 4.98 Å². The predicted molar refractivity (Wildman–Crippen MR) is 65.2 cm³/mol. The van der Waals surface area contributed by atoms with Crippen molar-refractivity contribution in [2.45, 2.75) is 0 Å². The van der Waals surface area contributed by atoms with Crippen molar-refractivity contribution in [1.29, 1.82) is 0 Å². The molecule has 15 heavy (non-hydrogen) atoms. The molecule has 3 aromatic rings. The molecule has 0 saturated carbocycles. The summed E-state index contributed by atoms with van der Waals surface area (Å²) in [6.07, 6.45) is 0. The molecule has 2 aromatic carbocycles. The second-order valence-electron chi connectivity index (χ2n) is 3.52. The number of benzene rings is 2. The van der Waals surface area contributed by atoms with Crippen molar-refractivity contribution in [3.05, 3.63) is 40.9 Å². The van der Waals surface area contributed by atoms with Crippen LogP contribution in [-0.2, 0) is 0 Å². The fourth-order valence-corrected chi connectivity index (χ4v) is 2.20. The minimum atomic E-state index is 0.258. The Hall–Kier alpha value is -1.48. The van der Waals surface area contributed by atoms with Gasteiger partial charge in [-0.2, -0.15) is 0 Å². The molecular formula is C12H8BrNO. The zero-order valence-electron chi connectivity index (χ0n) is 7.79. The number of hydrogen-bond acceptors (Lipinski definition) is 1. The molecular weight excluding hydrogens is 254 g/mol. The fourth-order valence-electron chi connectivity index (χ4n) is 1.86. The van der Waals surface area contributed by atoms with E-state index in [4.69, 9.17) is 0 Å². The number of hydrogen-bond donors (Lipinski definition) is 2. The van der Waals surface area contributed by atoms with Gasteiger partial charge in [-0.1, -0.05) is 18.2 Å². The fraction of sp³-hybridized carbons (Fsp3) is 0. The Bertz CT molecular complexity index is 657. The minimum absolute atomic E-state index is 0.258. The number of aromatic nitrogens is 1. The molecule has 0 aliphatic heterocycles. The SMILES string of the molecule is Oc1cc2[nH]c3ccccc3c2cc1Br. The first kappa shape index (κ1) is 8.80. The zero-order chi connectivity index (χ0) is 10.4. The molecule has 0 unspecified atom stereocenters. The summed E-state index contributed by atoms with van der Waals surface area (Å²) in [5, 5.41) is 11.9. The van der Waals surface area contributed by atoms with E-state index < -0.39 is 0 Å². The van der Waals surface area contributed by atoms with Crippen molar-refractivity contribution in [2.24, 2.45) is 0 Å². The Morgan fingerprint density at radius 1 is 1.00 bits per heavy atom. The van der Waals surface area contributed by atoms with Crippen LogP contribution >= 0.6 is 15.9 Å². The van der Waals surface area contributed by atoms with Crippen LogP contribution in [0.25, 0.3) is 21.8 Å². The monoisotopic (exact) mass is 261 g/mol. The molecule has 0 fully saturated rings. The van der Waals surface area contributed by atoms with E-state index in [-0.39, 0.29) is 5.75 Å². The summed E-state index contributed by atoms with van der Waals surface area (Å²) >= 11 is 3.32. The quantitative estimate of drug-likeness (QED) is 0.635. The molecule has 2 N–H and O–H groups in total. The van der Waals surface area contributed by atoms with Crippen LogP contribution in [0.4, 0.5) is 0 Å². The highest BCUT2D eigenvalue weighted by Crippen LogP contribution is 2.33. The smallest absolute Gasteiger partial charge is 0.131 e. The number of rotatable bonds is 0. The number of aromatic amines is 1. The first-order valence-electron chi connectivity index (χ1n) is 4.64. The van der Waals surface area contributed by atoms with Crippen LogP contribution in [-0.4, -0.2) is 10.1 Å². The second-order valence-corrected chi connectivity index (χ2v) is 4.37. The van der Waals surface area contributed by atoms with E-state index in [2.05, 4.69) is 27.0 Å². The van der Waals surface area contributed by atoms with Gasteiger partial charge in [0.25, 0.3) is 0 Å². The largest absolute Gasteiger partial charge is 0.507 e. The van der Waals surface area contributed by atoms with E-state index in [1.54, 1.807) is 6.07 Å². The highest BCUT2D eigenvalue weighted by Gasteiger charge is 2.06. The Morgan fingerprint density at radius 2 is 1.80 bits per heavy atom. The number of fused-ring (bicyclic) bond motifs is 3. The summed E-state index contributed by atoms with van der Waals surface area (Å²) in [5.74, 6) is 0.258. The first-order valence-corrected chi connectivity index (χ1v) is 5.44. The highest BCUT2D eigenvalue weighted by atomic mass is 79.9. The van der Waals surface area contributed by atoms with Gasteiger partial charge < -0.3 is 10.1 Å². The molecule has 0 aliphatic carbocycles. The number of H-pyrrole nitrogens is 1. The van der Waals surface area contributed by atoms with Gasteiger partial charge in [-0.3, -0.25) is 0 Å². The van der Waals surface area contributed by atoms with Crippen LogP contribution in [0, 0.1) is 0 Å². The molecule has 1 aromatic heterocycles. The summed E-state index contributed by atoms with van der Waals surface area (Å²) in [5.41, 5.74) is 2.04. The van der Waals surface area contributed by atoms with Crippen molar-refractivity contribution >= 4 is 37.7 Å². The molecule has 3 rings (SSSR count). The molecule has 2 nitrogen and oxygen atoms in total. The van der Waals surface area contributed by atoms with Gasteiger partial charge in [-0.15, -0.1) is 0 Å². The highest BCUT2D eigenvalue weighted by molar-refractivity contribution is 9.10. The Kier molecular flexibility index (Phi) is 1.76. The molecule has 0 spiro atoms. The van der Waals surface area contributed by atoms with Crippen molar-refractivity contribution in [3.63, 3.8) is 0 Å². The Balaban J connectivity index is 2.56. The molecule has 0 atom stereocenters. The van der Waals surface area contributed by atoms with Gasteiger partial charge >= 0.3 is 0 Å². The van der Waals surface area contributed by atoms with Gasteiger partial charge in [-0.05, 0) is 28.1 Å². The van der Waals surface area contributed by atoms with Crippen LogP contribution in [0.2, 0.25) is 0 Å². The van der Waals surface area contributed by atoms with Crippen LogP contribution in [0.1, 0.15) is 0 Å². The van der Waals surface area contributed by atoms with Crippen molar-refractivity contribution in [3.8, 4) is 5.75 Å². The lowest BCUT2D eigenvalue weighted by molar-refractivity contribution is 0.473. The van der Waals surface area contributed by atoms with Gasteiger partial charge in [0.05, 0.1) is 9.99 Å². The molecule has 0 radical (unpaired) electrons. The number of phenols is 1. The van der Waals surface area contributed by atoms with Gasteiger partial charge in [0.2, 0.25) is 0 Å². The van der Waals surface area contributed by atoms with Crippen molar-refractivity contribution < 1.29 is 5.11 Å². The lowest BCUT2D eigenvalue weighted by atomic mass is 10.1. The standard InChI is InChI=1S/C12H8BrNO/c13-9-5-8-7-3-1-2-4-10(7)14-11(8)6-12(9)15/h1-6,14-15H. The maximum absolute atomic E-state index is 9.58. The van der Waals surface area contributed by atoms with Crippen LogP contribution in [0.5, 0.6) is 5.75 Å². The molecule has 0 aliphatic rings. The molecule has 0 bridgehead atoms. The Labute approximate surface area is 94.7 Å². The third-order valence-electron chi connectivity index (χ3n) is 2.57. The maximum atomic E-state index is 9.58. The van der Waals surface area contributed by atoms with Gasteiger partial charge in [0.15, 0.2) is 0 Å². The van der Waals surface area contributed by atoms with Crippen LogP contribution in [0.15, 0.2) is 40.9 Å². The topological polar surface area (TPSA) is 36.0 Å². The summed E-state index contributed by atoms with van der Waals surface area (Å²) in [6.45, 7) is 0. The molecule has 74 valence electrons. The first-order chi connectivity index (χ1) is 7.25. The number of halogens is 1. The maximum Gasteiger partial charge on any atom is 0.131 e. The van der Waals surface area contributed by atoms with Gasteiger partial charge in [-0.25, -0.2) is 0 Å². The molecule has 0 saturated heterocycles. The second kappa shape index (κ2) is 3.00. The predicted octanol–water partition coefficient (Wildman–Crippen LogP) is 3.79. The lowest BCUT2D eigenvalue weighted by Crippen LogP contribution is -1.70. The van der Waals surface area contributed by atoms with E-state index in [1.165, 1.54) is 5.39 Å². The summed E-state index contributed by atoms with van der Waals surface area (Å²) in [7, 11) is 0. The summed E-state index contributed by atoms with van der Waals surface area (Å²) in [6, 6.07) is 11.8. The minimum Gasteiger partial charge on any atom is -0.507 e. The average Bonchev–Trinajstić information content (AvgIpc) is 2.57. The van der Waals surface area contributed by atoms with Gasteiger partial charge in [0, 0.05) is 22.4 Å². The number of para-hydroxylation sites is 1. The molecule has 1 heterocycles. The molecule has 3 heteroatoms. The van der Waals surface area contributed by atoms with Crippen LogP contribution in [0.3, 0.4) is 0 Å². The van der Waals surface area contributed by atoms with Crippen molar-refractivity contribution in [2.75, 3.05) is 0 Å². The number of nitrogens with one attached hydrogen (secondary N) is 1. The number of phenolic OH excluding ortho intramolecular Hbond substituents is 1. The third-order valence-corrected chi connectivity index (χ3v) is 3.21. The van der Waals surface area contributed by atoms with E-state index in [0.29, 0.717) is 0 Å². The van der Waals surface area contributed by atoms with E-state index in [1.807, 2.05) is 24.3 Å². The van der Waals surface area contributed by atoms with E-state index in [0.717, 1.165) is 20.9 Å². The van der Waals surface area contributed by atoms with Gasteiger partial charge in [0.1, 0.15) is 5.75 Å². The normalized spacial score (nSPS) is 11.3. The average molecular weight is 262 g/mol. The van der Waals surface area contributed by atoms with E-state index in [9.17, 15) is 5.11 Å². The zero-order valence-corrected chi connectivity index (χ0v) is 9.38.